The number of carbonyl (C=O) groups excluding carboxylic acids is 3. The van der Waals surface area contributed by atoms with Crippen molar-refractivity contribution in [2.45, 2.75) is 49.8 Å². The predicted octanol–water partition coefficient (Wildman–Crippen LogP) is 1.90. The molecule has 2 saturated heterocycles. The number of morpholine rings is 1. The van der Waals surface area contributed by atoms with E-state index in [0.717, 1.165) is 22.4 Å². The van der Waals surface area contributed by atoms with Crippen molar-refractivity contribution in [1.29, 1.82) is 0 Å². The molecule has 0 saturated carbocycles. The number of sulfone groups is 1. The number of piperidine rings is 1. The van der Waals surface area contributed by atoms with Gasteiger partial charge in [-0.05, 0) is 55.2 Å². The number of hydrogen-bond donors (Lipinski definition) is 1. The number of amides is 2. The van der Waals surface area contributed by atoms with Gasteiger partial charge in [0.25, 0.3) is 0 Å². The zero-order valence-corrected chi connectivity index (χ0v) is 20.0. The first-order valence-electron chi connectivity index (χ1n) is 11.2. The maximum Gasteiger partial charge on any atom is 0.242 e. The first-order chi connectivity index (χ1) is 16.0. The van der Waals surface area contributed by atoms with Gasteiger partial charge in [0.05, 0.1) is 29.6 Å². The van der Waals surface area contributed by atoms with Crippen molar-refractivity contribution in [3.63, 3.8) is 0 Å². The second-order valence-electron chi connectivity index (χ2n) is 9.51. The molecule has 9 heteroatoms. The molecule has 2 fully saturated rings. The summed E-state index contributed by atoms with van der Waals surface area (Å²) in [7, 11) is -3.29. The van der Waals surface area contributed by atoms with Gasteiger partial charge in [0, 0.05) is 18.5 Å². The molecule has 8 nitrogen and oxygen atoms in total. The minimum atomic E-state index is -3.29. The van der Waals surface area contributed by atoms with Gasteiger partial charge in [-0.1, -0.05) is 24.3 Å². The minimum Gasteiger partial charge on any atom is -0.372 e. The van der Waals surface area contributed by atoms with E-state index < -0.39 is 39.2 Å². The molecule has 3 aliphatic heterocycles. The molecule has 0 radical (unpaired) electrons. The third kappa shape index (κ3) is 3.45. The lowest BCUT2D eigenvalue weighted by Gasteiger charge is -2.55. The lowest BCUT2D eigenvalue weighted by atomic mass is 9.63. The van der Waals surface area contributed by atoms with Crippen LogP contribution < -0.4 is 10.2 Å². The highest BCUT2D eigenvalue weighted by Crippen LogP contribution is 2.48. The highest BCUT2D eigenvalue weighted by molar-refractivity contribution is 7.90. The number of Topliss-reactive ketones (excluding diaryl/α,β-unsaturated/α-hetero) is 1. The number of nitrogens with zero attached hydrogens (tertiary/aromatic N) is 1. The number of rotatable bonds is 2. The molecule has 3 aliphatic rings. The fourth-order valence-electron chi connectivity index (χ4n) is 5.69. The number of benzene rings is 2. The van der Waals surface area contributed by atoms with Gasteiger partial charge in [0.2, 0.25) is 11.8 Å². The zero-order valence-electron chi connectivity index (χ0n) is 19.2. The van der Waals surface area contributed by atoms with Crippen LogP contribution in [-0.2, 0) is 35.4 Å². The molecule has 0 bridgehead atoms. The van der Waals surface area contributed by atoms with Crippen LogP contribution in [-0.4, -0.2) is 57.1 Å². The Morgan fingerprint density at radius 2 is 1.71 bits per heavy atom. The largest absolute Gasteiger partial charge is 0.372 e. The second kappa shape index (κ2) is 7.74. The van der Waals surface area contributed by atoms with Gasteiger partial charge in [-0.15, -0.1) is 0 Å². The summed E-state index contributed by atoms with van der Waals surface area (Å²) in [6.07, 6.45) is 0.524. The highest BCUT2D eigenvalue weighted by Gasteiger charge is 2.62. The van der Waals surface area contributed by atoms with Gasteiger partial charge >= 0.3 is 0 Å². The maximum absolute atomic E-state index is 13.3. The van der Waals surface area contributed by atoms with E-state index in [4.69, 9.17) is 4.74 Å². The summed E-state index contributed by atoms with van der Waals surface area (Å²) in [6, 6.07) is 12.0. The minimum absolute atomic E-state index is 0.115. The topological polar surface area (TPSA) is 110 Å². The molecule has 1 N–H and O–H groups in total. The van der Waals surface area contributed by atoms with Crippen molar-refractivity contribution >= 4 is 33.1 Å². The number of fused-ring (bicyclic) bond motifs is 4. The lowest BCUT2D eigenvalue weighted by molar-refractivity contribution is -0.158. The Hall–Kier alpha value is -3.04. The van der Waals surface area contributed by atoms with Crippen molar-refractivity contribution in [1.82, 2.24) is 5.32 Å². The average Bonchev–Trinajstić information content (AvgIpc) is 2.76. The fraction of sp³-hybridized carbons (Fsp3) is 0.400. The number of ether oxygens (including phenoxy) is 1. The predicted molar refractivity (Wildman–Crippen MR) is 125 cm³/mol. The molecule has 5 rings (SSSR count). The molecule has 0 aromatic heterocycles. The van der Waals surface area contributed by atoms with Crippen molar-refractivity contribution < 1.29 is 27.5 Å². The summed E-state index contributed by atoms with van der Waals surface area (Å²) in [5.41, 5.74) is 2.14. The van der Waals surface area contributed by atoms with E-state index in [1.807, 2.05) is 32.0 Å². The molecule has 34 heavy (non-hydrogen) atoms. The van der Waals surface area contributed by atoms with Crippen molar-refractivity contribution in [2.24, 2.45) is 5.41 Å². The molecule has 0 aliphatic carbocycles. The second-order valence-corrected chi connectivity index (χ2v) is 11.5. The molecular weight excluding hydrogens is 456 g/mol. The van der Waals surface area contributed by atoms with Crippen LogP contribution in [0.15, 0.2) is 47.4 Å². The number of imide groups is 1. The van der Waals surface area contributed by atoms with E-state index in [1.54, 1.807) is 24.3 Å². The number of carbonyl (C=O) groups is 3. The van der Waals surface area contributed by atoms with E-state index >= 15 is 0 Å². The number of hydrogen-bond acceptors (Lipinski definition) is 7. The Balaban J connectivity index is 1.62. The van der Waals surface area contributed by atoms with Gasteiger partial charge in [-0.2, -0.15) is 0 Å². The molecule has 178 valence electrons. The summed E-state index contributed by atoms with van der Waals surface area (Å²) < 4.78 is 29.7. The maximum atomic E-state index is 13.3. The molecule has 2 aromatic rings. The molecule has 4 atom stereocenters. The SMILES string of the molecule is C[C@@H]1CN2c3cc(-c4ccc(S(C)(=O)=O)cc4)ccc3C[C@@]3(C(=O)CC(=O)NC3=O)[C@H]2[C@H](C)O1. The van der Waals surface area contributed by atoms with Crippen LogP contribution in [0.25, 0.3) is 11.1 Å². The molecule has 3 heterocycles. The van der Waals surface area contributed by atoms with Gasteiger partial charge in [0.1, 0.15) is 5.41 Å². The van der Waals surface area contributed by atoms with Crippen LogP contribution >= 0.6 is 0 Å². The van der Waals surface area contributed by atoms with E-state index in [-0.39, 0.29) is 29.6 Å². The van der Waals surface area contributed by atoms with Gasteiger partial charge in [-0.25, -0.2) is 8.42 Å². The third-order valence-corrected chi connectivity index (χ3v) is 8.27. The Bertz CT molecular complexity index is 1300. The summed E-state index contributed by atoms with van der Waals surface area (Å²) in [4.78, 5) is 40.7. The zero-order chi connectivity index (χ0) is 24.4. The normalized spacial score (nSPS) is 29.0. The van der Waals surface area contributed by atoms with Crippen LogP contribution in [0.1, 0.15) is 25.8 Å². The number of ketones is 1. The Labute approximate surface area is 198 Å². The first-order valence-corrected chi connectivity index (χ1v) is 13.1. The first kappa shape index (κ1) is 22.7. The van der Waals surface area contributed by atoms with Crippen LogP contribution in [0, 0.1) is 5.41 Å². The highest BCUT2D eigenvalue weighted by atomic mass is 32.2. The third-order valence-electron chi connectivity index (χ3n) is 7.14. The average molecular weight is 483 g/mol. The molecule has 0 unspecified atom stereocenters. The Morgan fingerprint density at radius 3 is 2.35 bits per heavy atom. The molecular formula is C25H26N2O6S. The van der Waals surface area contributed by atoms with Crippen molar-refractivity contribution in [3.05, 3.63) is 48.0 Å². The quantitative estimate of drug-likeness (QED) is 0.514. The number of nitrogens with one attached hydrogen (secondary N) is 1. The van der Waals surface area contributed by atoms with Crippen molar-refractivity contribution in [3.8, 4) is 11.1 Å². The summed E-state index contributed by atoms with van der Waals surface area (Å²) >= 11 is 0. The Kier molecular flexibility index (Phi) is 5.18. The summed E-state index contributed by atoms with van der Waals surface area (Å²) in [6.45, 7) is 4.31. The smallest absolute Gasteiger partial charge is 0.242 e. The monoisotopic (exact) mass is 482 g/mol. The number of anilines is 1. The van der Waals surface area contributed by atoms with Gasteiger partial charge < -0.3 is 9.64 Å². The van der Waals surface area contributed by atoms with Crippen LogP contribution in [0.3, 0.4) is 0 Å². The van der Waals surface area contributed by atoms with Gasteiger partial charge in [-0.3, -0.25) is 19.7 Å². The van der Waals surface area contributed by atoms with Crippen LogP contribution in [0.5, 0.6) is 0 Å². The molecule has 1 spiro atoms. The van der Waals surface area contributed by atoms with Crippen molar-refractivity contribution in [2.75, 3.05) is 17.7 Å². The van der Waals surface area contributed by atoms with Gasteiger partial charge in [0.15, 0.2) is 15.6 Å². The van der Waals surface area contributed by atoms with Crippen LogP contribution in [0.4, 0.5) is 5.69 Å². The van der Waals surface area contributed by atoms with E-state index in [0.29, 0.717) is 6.54 Å². The molecule has 2 amide bonds. The van der Waals surface area contributed by atoms with E-state index in [2.05, 4.69) is 10.2 Å². The Morgan fingerprint density at radius 1 is 1.03 bits per heavy atom. The van der Waals surface area contributed by atoms with Crippen LogP contribution in [0.2, 0.25) is 0 Å². The standard InChI is InChI=1S/C25H26N2O6S/c1-14-13-27-20-10-17(16-6-8-19(9-7-16)34(3,31)32)4-5-18(20)12-25(23(27)15(2)33-14)21(28)11-22(29)26-24(25)30/h4-10,14-15,23H,11-13H2,1-3H3,(H,26,29,30)/t14-,15+,23-,25-/m1/s1. The summed E-state index contributed by atoms with van der Waals surface area (Å²) in [5.74, 6) is -1.49. The fourth-order valence-corrected chi connectivity index (χ4v) is 6.32. The summed E-state index contributed by atoms with van der Waals surface area (Å²) in [5, 5.41) is 2.39. The lowest BCUT2D eigenvalue weighted by Crippen LogP contribution is -2.72. The van der Waals surface area contributed by atoms with E-state index in [1.165, 1.54) is 6.26 Å². The van der Waals surface area contributed by atoms with E-state index in [9.17, 15) is 22.8 Å². The molecule has 2 aromatic carbocycles.